The molecule has 4 saturated heterocycles. The number of amides is 1. The smallest absolute Gasteiger partial charge is 0.229 e. The number of nitrogens with zero attached hydrogens (tertiary/aromatic N) is 4. The number of nitrogens with two attached hydrogens (primary N) is 1. The number of nitriles is 1. The highest BCUT2D eigenvalue weighted by Gasteiger charge is 2.48. The highest BCUT2D eigenvalue weighted by molar-refractivity contribution is 5.81. The molecule has 0 aromatic rings. The topological polar surface area (TPSA) is 125 Å². The number of nitrogens with one attached hydrogen (secondary N) is 4. The third kappa shape index (κ3) is 4.48. The summed E-state index contributed by atoms with van der Waals surface area (Å²) in [5.74, 6) is -0.174. The number of rotatable bonds is 4. The van der Waals surface area contributed by atoms with Gasteiger partial charge in [0, 0.05) is 63.7 Å². The second-order valence-electron chi connectivity index (χ2n) is 9.38. The van der Waals surface area contributed by atoms with Gasteiger partial charge in [0.15, 0.2) is 0 Å². The number of carbonyl (C=O) groups is 1. The van der Waals surface area contributed by atoms with Crippen LogP contribution in [0.15, 0.2) is 0 Å². The number of fused-ring (bicyclic) bond motifs is 1. The van der Waals surface area contributed by atoms with Gasteiger partial charge in [0.2, 0.25) is 5.91 Å². The van der Waals surface area contributed by atoms with Gasteiger partial charge in [0.05, 0.1) is 30.4 Å². The van der Waals surface area contributed by atoms with Gasteiger partial charge in [0.25, 0.3) is 0 Å². The lowest BCUT2D eigenvalue weighted by molar-refractivity contribution is -0.128. The summed E-state index contributed by atoms with van der Waals surface area (Å²) < 4.78 is 0. The molecule has 0 aromatic carbocycles. The molecule has 10 nitrogen and oxygen atoms in total. The van der Waals surface area contributed by atoms with Crippen molar-refractivity contribution >= 4 is 5.91 Å². The van der Waals surface area contributed by atoms with E-state index in [-0.39, 0.29) is 35.9 Å². The minimum absolute atomic E-state index is 0.00890. The van der Waals surface area contributed by atoms with Crippen LogP contribution in [-0.2, 0) is 4.79 Å². The van der Waals surface area contributed by atoms with E-state index in [9.17, 15) is 10.1 Å². The molecule has 6 N–H and O–H groups in total. The fourth-order valence-corrected chi connectivity index (χ4v) is 5.34. The summed E-state index contributed by atoms with van der Waals surface area (Å²) in [5, 5.41) is 21.5. The lowest BCUT2D eigenvalue weighted by atomic mass is 9.91. The molecule has 4 rings (SSSR count). The lowest BCUT2D eigenvalue weighted by Crippen LogP contribution is -2.64. The number of carbonyl (C=O) groups excluding carboxylic acids is 1. The third-order valence-electron chi connectivity index (χ3n) is 7.39. The van der Waals surface area contributed by atoms with Crippen molar-refractivity contribution in [1.29, 1.82) is 5.26 Å². The lowest BCUT2D eigenvalue weighted by Gasteiger charge is -2.44. The number of hydrazine groups is 1. The van der Waals surface area contributed by atoms with Crippen LogP contribution in [0.5, 0.6) is 0 Å². The van der Waals surface area contributed by atoms with Gasteiger partial charge in [-0.25, -0.2) is 10.4 Å². The zero-order valence-corrected chi connectivity index (χ0v) is 18.2. The molecule has 10 heteroatoms. The average Bonchev–Trinajstić information content (AvgIpc) is 3.09. The minimum Gasteiger partial charge on any atom is -0.350 e. The monoisotopic (exact) mass is 419 g/mol. The summed E-state index contributed by atoms with van der Waals surface area (Å²) in [4.78, 5) is 18.2. The Balaban J connectivity index is 1.38. The second-order valence-corrected chi connectivity index (χ2v) is 9.38. The van der Waals surface area contributed by atoms with E-state index in [1.165, 1.54) is 0 Å². The third-order valence-corrected chi connectivity index (χ3v) is 7.39. The molecule has 0 saturated carbocycles. The molecule has 4 aliphatic heterocycles. The number of hydrogen-bond acceptors (Lipinski definition) is 9. The molecule has 4 fully saturated rings. The van der Waals surface area contributed by atoms with Gasteiger partial charge in [0.1, 0.15) is 0 Å². The second kappa shape index (κ2) is 9.44. The predicted molar refractivity (Wildman–Crippen MR) is 114 cm³/mol. The van der Waals surface area contributed by atoms with Crippen LogP contribution < -0.4 is 27.1 Å². The molecule has 0 aliphatic carbocycles. The first-order chi connectivity index (χ1) is 14.5. The summed E-state index contributed by atoms with van der Waals surface area (Å²) >= 11 is 0. The van der Waals surface area contributed by atoms with Crippen molar-refractivity contribution < 1.29 is 4.79 Å². The Hall–Kier alpha value is -1.32. The molecule has 7 unspecified atom stereocenters. The van der Waals surface area contributed by atoms with E-state index in [0.717, 1.165) is 58.8 Å². The van der Waals surface area contributed by atoms with E-state index in [0.29, 0.717) is 6.04 Å². The van der Waals surface area contributed by atoms with Crippen LogP contribution in [0.25, 0.3) is 0 Å². The first-order valence-corrected chi connectivity index (χ1v) is 11.3. The number of piperazine rings is 1. The van der Waals surface area contributed by atoms with E-state index in [1.54, 1.807) is 0 Å². The maximum absolute atomic E-state index is 13.3. The highest BCUT2D eigenvalue weighted by Crippen LogP contribution is 2.26. The summed E-state index contributed by atoms with van der Waals surface area (Å²) in [6.45, 7) is 9.43. The summed E-state index contributed by atoms with van der Waals surface area (Å²) in [5.41, 5.74) is 9.60. The molecular weight excluding hydrogens is 382 g/mol. The van der Waals surface area contributed by atoms with Gasteiger partial charge >= 0.3 is 0 Å². The summed E-state index contributed by atoms with van der Waals surface area (Å²) in [7, 11) is 2.17. The molecular formula is C20H37N9O. The number of hydrogen-bond donors (Lipinski definition) is 5. The highest BCUT2D eigenvalue weighted by atomic mass is 16.2. The Morgan fingerprint density at radius 1 is 1.27 bits per heavy atom. The Bertz CT molecular complexity index is 647. The van der Waals surface area contributed by atoms with Crippen molar-refractivity contribution in [1.82, 2.24) is 36.2 Å². The van der Waals surface area contributed by atoms with Crippen molar-refractivity contribution in [2.45, 2.75) is 37.8 Å². The first-order valence-electron chi connectivity index (χ1n) is 11.3. The first kappa shape index (κ1) is 21.9. The Morgan fingerprint density at radius 3 is 2.77 bits per heavy atom. The summed E-state index contributed by atoms with van der Waals surface area (Å²) in [6, 6.07) is 2.79. The molecule has 4 aliphatic rings. The zero-order chi connectivity index (χ0) is 21.3. The Kier molecular flexibility index (Phi) is 6.89. The van der Waals surface area contributed by atoms with Crippen LogP contribution >= 0.6 is 0 Å². The molecule has 30 heavy (non-hydrogen) atoms. The molecule has 0 aromatic heterocycles. The predicted octanol–water partition coefficient (Wildman–Crippen LogP) is -2.49. The van der Waals surface area contributed by atoms with Crippen molar-refractivity contribution in [2.75, 3.05) is 59.4 Å². The molecule has 0 spiro atoms. The Labute approximate surface area is 179 Å². The Morgan fingerprint density at radius 2 is 2.03 bits per heavy atom. The normalized spacial score (nSPS) is 39.8. The molecule has 0 radical (unpaired) electrons. The van der Waals surface area contributed by atoms with Crippen molar-refractivity contribution in [3.8, 4) is 6.07 Å². The van der Waals surface area contributed by atoms with Gasteiger partial charge < -0.3 is 21.3 Å². The zero-order valence-electron chi connectivity index (χ0n) is 18.2. The fourth-order valence-electron chi connectivity index (χ4n) is 5.34. The average molecular weight is 420 g/mol. The molecule has 0 bridgehead atoms. The largest absolute Gasteiger partial charge is 0.350 e. The molecule has 4 heterocycles. The van der Waals surface area contributed by atoms with Crippen LogP contribution in [0.2, 0.25) is 0 Å². The van der Waals surface area contributed by atoms with Crippen molar-refractivity contribution in [3.63, 3.8) is 0 Å². The van der Waals surface area contributed by atoms with Gasteiger partial charge in [-0.2, -0.15) is 5.26 Å². The maximum atomic E-state index is 13.3. The van der Waals surface area contributed by atoms with Crippen LogP contribution in [-0.4, -0.2) is 105 Å². The standard InChI is InChI=1S/C20H37N9O/c1-13(9-21)14-10-24-19-17(18(22)26-29(19)12-14)20(30)25-15-11-23-4-3-16(15)28-7-5-27(2)6-8-28/h13-19,23-24,26H,3-8,10-12,22H2,1-2H3,(H,25,30). The quantitative estimate of drug-likeness (QED) is 0.336. The van der Waals surface area contributed by atoms with E-state index >= 15 is 0 Å². The van der Waals surface area contributed by atoms with E-state index in [1.807, 2.05) is 11.9 Å². The van der Waals surface area contributed by atoms with Gasteiger partial charge in [-0.1, -0.05) is 0 Å². The van der Waals surface area contributed by atoms with Gasteiger partial charge in [-0.05, 0) is 26.9 Å². The maximum Gasteiger partial charge on any atom is 0.229 e. The van der Waals surface area contributed by atoms with E-state index < -0.39 is 6.17 Å². The number of piperidine rings is 1. The molecule has 7 atom stereocenters. The SMILES string of the molecule is CC(C#N)C1CNC2C(C(=O)NC3CNCCC3N3CCN(C)CC3)C(N)NN2C1. The summed E-state index contributed by atoms with van der Waals surface area (Å²) in [6.07, 6.45) is 0.476. The van der Waals surface area contributed by atoms with Crippen LogP contribution in [0, 0.1) is 29.1 Å². The fraction of sp³-hybridized carbons (Fsp3) is 0.900. The van der Waals surface area contributed by atoms with Gasteiger partial charge in [-0.15, -0.1) is 0 Å². The van der Waals surface area contributed by atoms with Crippen molar-refractivity contribution in [2.24, 2.45) is 23.5 Å². The number of likely N-dealkylation sites (N-methyl/N-ethyl adjacent to an activating group) is 1. The minimum atomic E-state index is -0.433. The molecule has 168 valence electrons. The van der Waals surface area contributed by atoms with Crippen LogP contribution in [0.3, 0.4) is 0 Å². The van der Waals surface area contributed by atoms with Crippen molar-refractivity contribution in [3.05, 3.63) is 0 Å². The van der Waals surface area contributed by atoms with Gasteiger partial charge in [-0.3, -0.25) is 15.0 Å². The van der Waals surface area contributed by atoms with E-state index in [2.05, 4.69) is 44.3 Å². The van der Waals surface area contributed by atoms with Crippen LogP contribution in [0.4, 0.5) is 0 Å². The molecule has 1 amide bonds. The van der Waals surface area contributed by atoms with Crippen LogP contribution in [0.1, 0.15) is 13.3 Å². The van der Waals surface area contributed by atoms with E-state index in [4.69, 9.17) is 5.73 Å².